The number of piperidine rings is 2. The number of fused-ring (bicyclic) bond motifs is 1. The number of carbonyl (C=O) groups excluding carboxylic acids is 2. The Balaban J connectivity index is 1.58. The summed E-state index contributed by atoms with van der Waals surface area (Å²) < 4.78 is 8.66. The minimum atomic E-state index is -0.730. The van der Waals surface area contributed by atoms with E-state index in [-0.39, 0.29) is 37.1 Å². The molecule has 9 nitrogen and oxygen atoms in total. The number of hydrogen-bond donors (Lipinski definition) is 2. The second kappa shape index (κ2) is 8.67. The van der Waals surface area contributed by atoms with Gasteiger partial charge in [0, 0.05) is 26.6 Å². The van der Waals surface area contributed by atoms with Gasteiger partial charge in [-0.3, -0.25) is 24.0 Å². The number of aliphatic hydroxyl groups excluding tert-OH is 1. The molecule has 3 atom stereocenters. The van der Waals surface area contributed by atoms with Gasteiger partial charge in [0.25, 0.3) is 0 Å². The highest BCUT2D eigenvalue weighted by Gasteiger charge is 2.31. The highest BCUT2D eigenvalue weighted by Crippen LogP contribution is 2.24. The zero-order chi connectivity index (χ0) is 22.1. The maximum absolute atomic E-state index is 12.9. The molecule has 2 N–H and O–H groups in total. The molecular formula is C22H26N4O5. The number of nitrogens with zero attached hydrogens (tertiary/aromatic N) is 3. The molecule has 1 aromatic carbocycles. The first-order valence-electron chi connectivity index (χ1n) is 10.4. The molecule has 2 fully saturated rings. The highest BCUT2D eigenvalue weighted by atomic mass is 16.5. The number of rotatable bonds is 3. The van der Waals surface area contributed by atoms with Crippen LogP contribution in [-0.2, 0) is 21.4 Å². The zero-order valence-corrected chi connectivity index (χ0v) is 17.6. The summed E-state index contributed by atoms with van der Waals surface area (Å²) in [6.07, 6.45) is 0.454. The van der Waals surface area contributed by atoms with Crippen LogP contribution in [0.15, 0.2) is 23.0 Å². The number of imide groups is 1. The maximum Gasteiger partial charge on any atom is 0.329 e. The van der Waals surface area contributed by atoms with Crippen LogP contribution in [0.25, 0.3) is 11.0 Å². The van der Waals surface area contributed by atoms with E-state index in [2.05, 4.69) is 22.1 Å². The minimum absolute atomic E-state index is 0.170. The van der Waals surface area contributed by atoms with Crippen molar-refractivity contribution in [3.8, 4) is 11.8 Å². The van der Waals surface area contributed by atoms with Crippen LogP contribution in [0.3, 0.4) is 0 Å². The van der Waals surface area contributed by atoms with E-state index >= 15 is 0 Å². The molecule has 2 aromatic rings. The number of aliphatic hydroxyl groups is 1. The number of nitrogens with one attached hydrogen (secondary N) is 1. The Kier molecular flexibility index (Phi) is 5.96. The summed E-state index contributed by atoms with van der Waals surface area (Å²) in [5, 5.41) is 12.4. The van der Waals surface area contributed by atoms with Crippen molar-refractivity contribution in [1.82, 2.24) is 19.4 Å². The summed E-state index contributed by atoms with van der Waals surface area (Å²) in [6.45, 7) is 1.61. The Hall–Kier alpha value is -2.93. The molecule has 2 amide bonds. The summed E-state index contributed by atoms with van der Waals surface area (Å²) in [5.74, 6) is 5.25. The quantitative estimate of drug-likeness (QED) is 0.518. The second-order valence-electron chi connectivity index (χ2n) is 8.12. The third-order valence-corrected chi connectivity index (χ3v) is 5.94. The number of carbonyl (C=O) groups is 2. The average Bonchev–Trinajstić information content (AvgIpc) is 2.98. The topological polar surface area (TPSA) is 106 Å². The zero-order valence-electron chi connectivity index (χ0n) is 17.6. The van der Waals surface area contributed by atoms with Crippen molar-refractivity contribution in [2.75, 3.05) is 26.7 Å². The number of ether oxygens (including phenoxy) is 1. The molecule has 31 heavy (non-hydrogen) atoms. The lowest BCUT2D eigenvalue weighted by molar-refractivity contribution is -0.135. The molecule has 2 aliphatic heterocycles. The maximum atomic E-state index is 12.9. The Labute approximate surface area is 179 Å². The highest BCUT2D eigenvalue weighted by molar-refractivity contribution is 6.00. The number of likely N-dealkylation sites (N-methyl/N-ethyl adjacent to an activating group) is 1. The molecule has 0 radical (unpaired) electrons. The number of likely N-dealkylation sites (tertiary alicyclic amines) is 1. The van der Waals surface area contributed by atoms with Gasteiger partial charge >= 0.3 is 5.69 Å². The van der Waals surface area contributed by atoms with Gasteiger partial charge in [0.05, 0.1) is 28.8 Å². The van der Waals surface area contributed by atoms with Crippen molar-refractivity contribution in [2.45, 2.75) is 37.5 Å². The Morgan fingerprint density at radius 3 is 2.77 bits per heavy atom. The summed E-state index contributed by atoms with van der Waals surface area (Å²) >= 11 is 0. The van der Waals surface area contributed by atoms with Gasteiger partial charge in [-0.25, -0.2) is 4.79 Å². The Morgan fingerprint density at radius 1 is 1.23 bits per heavy atom. The fourth-order valence-electron chi connectivity index (χ4n) is 4.31. The monoisotopic (exact) mass is 426 g/mol. The SMILES string of the molecule is CN1CCC(OCC#Cc2cccc3c2n(C)c(=O)n3C2CCC(=O)NC2=O)C(O)C1. The third kappa shape index (κ3) is 4.14. The predicted molar refractivity (Wildman–Crippen MR) is 113 cm³/mol. The van der Waals surface area contributed by atoms with Crippen molar-refractivity contribution in [3.63, 3.8) is 0 Å². The first-order chi connectivity index (χ1) is 14.9. The fraction of sp³-hybridized carbons (Fsp3) is 0.500. The van der Waals surface area contributed by atoms with Crippen molar-refractivity contribution in [2.24, 2.45) is 7.05 Å². The molecule has 3 heterocycles. The molecule has 4 rings (SSSR count). The number of hydrogen-bond acceptors (Lipinski definition) is 6. The summed E-state index contributed by atoms with van der Waals surface area (Å²) in [5.41, 5.74) is 1.55. The Bertz CT molecular complexity index is 1140. The molecule has 2 aliphatic rings. The molecule has 0 saturated carbocycles. The lowest BCUT2D eigenvalue weighted by Gasteiger charge is -2.32. The van der Waals surface area contributed by atoms with Gasteiger partial charge in [0.2, 0.25) is 11.8 Å². The molecular weight excluding hydrogens is 400 g/mol. The average molecular weight is 426 g/mol. The van der Waals surface area contributed by atoms with Gasteiger partial charge in [-0.2, -0.15) is 0 Å². The smallest absolute Gasteiger partial charge is 0.329 e. The van der Waals surface area contributed by atoms with E-state index in [0.717, 1.165) is 13.0 Å². The van der Waals surface area contributed by atoms with Gasteiger partial charge < -0.3 is 14.7 Å². The van der Waals surface area contributed by atoms with Gasteiger partial charge in [-0.05, 0) is 32.0 Å². The first-order valence-corrected chi connectivity index (χ1v) is 10.4. The summed E-state index contributed by atoms with van der Waals surface area (Å²) in [6, 6.07) is 4.65. The summed E-state index contributed by atoms with van der Waals surface area (Å²) in [4.78, 5) is 38.8. The number of benzene rings is 1. The standard InChI is InChI=1S/C22H26N4O5/c1-24-11-10-18(17(27)13-24)31-12-4-6-14-5-3-7-15-20(14)25(2)22(30)26(15)16-8-9-19(28)23-21(16)29/h3,5,7,16-18,27H,8-13H2,1-2H3,(H,23,28,29). The number of amides is 2. The summed E-state index contributed by atoms with van der Waals surface area (Å²) in [7, 11) is 3.61. The van der Waals surface area contributed by atoms with Crippen LogP contribution in [0, 0.1) is 11.8 Å². The van der Waals surface area contributed by atoms with Crippen LogP contribution in [0.5, 0.6) is 0 Å². The van der Waals surface area contributed by atoms with Crippen LogP contribution in [0.2, 0.25) is 0 Å². The van der Waals surface area contributed by atoms with E-state index in [1.54, 1.807) is 19.2 Å². The third-order valence-electron chi connectivity index (χ3n) is 5.94. The lowest BCUT2D eigenvalue weighted by Crippen LogP contribution is -2.46. The van der Waals surface area contributed by atoms with Crippen molar-refractivity contribution >= 4 is 22.8 Å². The normalized spacial score (nSPS) is 24.7. The first kappa shape index (κ1) is 21.3. The van der Waals surface area contributed by atoms with Gasteiger partial charge in [-0.1, -0.05) is 17.9 Å². The molecule has 164 valence electrons. The van der Waals surface area contributed by atoms with E-state index in [0.29, 0.717) is 23.1 Å². The van der Waals surface area contributed by atoms with Gasteiger partial charge in [-0.15, -0.1) is 0 Å². The van der Waals surface area contributed by atoms with Crippen molar-refractivity contribution < 1.29 is 19.4 Å². The molecule has 1 aromatic heterocycles. The minimum Gasteiger partial charge on any atom is -0.389 e. The van der Waals surface area contributed by atoms with Gasteiger partial charge in [0.1, 0.15) is 12.6 Å². The van der Waals surface area contributed by atoms with Crippen LogP contribution < -0.4 is 11.0 Å². The van der Waals surface area contributed by atoms with E-state index in [9.17, 15) is 19.5 Å². The van der Waals surface area contributed by atoms with Crippen LogP contribution in [-0.4, -0.2) is 69.9 Å². The van der Waals surface area contributed by atoms with E-state index in [1.807, 2.05) is 13.1 Å². The number of aromatic nitrogens is 2. The second-order valence-corrected chi connectivity index (χ2v) is 8.12. The number of para-hydroxylation sites is 1. The molecule has 0 bridgehead atoms. The Morgan fingerprint density at radius 2 is 2.03 bits per heavy atom. The molecule has 0 aliphatic carbocycles. The van der Waals surface area contributed by atoms with E-state index in [1.165, 1.54) is 9.13 Å². The van der Waals surface area contributed by atoms with Gasteiger partial charge in [0.15, 0.2) is 0 Å². The predicted octanol–water partition coefficient (Wildman–Crippen LogP) is -0.249. The largest absolute Gasteiger partial charge is 0.389 e. The van der Waals surface area contributed by atoms with Crippen LogP contribution in [0.4, 0.5) is 0 Å². The van der Waals surface area contributed by atoms with Crippen LogP contribution >= 0.6 is 0 Å². The van der Waals surface area contributed by atoms with E-state index in [4.69, 9.17) is 4.74 Å². The number of β-amino-alcohol motifs (C(OH)–C–C–N with tert-alkyl or cyclic N) is 1. The van der Waals surface area contributed by atoms with Crippen molar-refractivity contribution in [1.29, 1.82) is 0 Å². The fourth-order valence-corrected chi connectivity index (χ4v) is 4.31. The van der Waals surface area contributed by atoms with Crippen LogP contribution in [0.1, 0.15) is 30.9 Å². The number of aryl methyl sites for hydroxylation is 1. The molecule has 9 heteroatoms. The van der Waals surface area contributed by atoms with E-state index < -0.39 is 18.1 Å². The molecule has 2 saturated heterocycles. The molecule has 3 unspecified atom stereocenters. The lowest BCUT2D eigenvalue weighted by atomic mass is 10.1. The number of imidazole rings is 1. The van der Waals surface area contributed by atoms with Crippen molar-refractivity contribution in [3.05, 3.63) is 34.2 Å². The molecule has 0 spiro atoms.